The van der Waals surface area contributed by atoms with Crippen LogP contribution in [0.15, 0.2) is 10.9 Å². The van der Waals surface area contributed by atoms with E-state index in [1.807, 2.05) is 5.51 Å². The zero-order valence-corrected chi connectivity index (χ0v) is 9.39. The molecule has 1 saturated heterocycles. The van der Waals surface area contributed by atoms with Crippen molar-refractivity contribution in [2.45, 2.75) is 25.9 Å². The van der Waals surface area contributed by atoms with E-state index < -0.39 is 0 Å². The lowest BCUT2D eigenvalue weighted by Gasteiger charge is -2.25. The number of aromatic nitrogens is 1. The van der Waals surface area contributed by atoms with E-state index in [1.165, 1.54) is 12.1 Å². The Kier molecular flexibility index (Phi) is 3.50. The smallest absolute Gasteiger partial charge is 0.0795 e. The summed E-state index contributed by atoms with van der Waals surface area (Å²) in [7, 11) is 0. The first-order valence-electron chi connectivity index (χ1n) is 5.22. The molecule has 1 aliphatic heterocycles. The SMILES string of the molecule is CCN(Cc1cscn1)C1CCNC1. The highest BCUT2D eigenvalue weighted by atomic mass is 32.1. The minimum absolute atomic E-state index is 0.710. The fourth-order valence-corrected chi connectivity index (χ4v) is 2.52. The quantitative estimate of drug-likeness (QED) is 0.814. The number of likely N-dealkylation sites (N-methyl/N-ethyl adjacent to an activating group) is 1. The lowest BCUT2D eigenvalue weighted by Crippen LogP contribution is -2.36. The molecule has 0 amide bonds. The maximum Gasteiger partial charge on any atom is 0.0795 e. The first kappa shape index (κ1) is 10.1. The monoisotopic (exact) mass is 211 g/mol. The Morgan fingerprint density at radius 3 is 3.21 bits per heavy atom. The Morgan fingerprint density at radius 1 is 1.71 bits per heavy atom. The zero-order valence-electron chi connectivity index (χ0n) is 8.57. The summed E-state index contributed by atoms with van der Waals surface area (Å²) >= 11 is 1.68. The Hall–Kier alpha value is -0.450. The van der Waals surface area contributed by atoms with Gasteiger partial charge in [0.05, 0.1) is 11.2 Å². The van der Waals surface area contributed by atoms with E-state index in [-0.39, 0.29) is 0 Å². The van der Waals surface area contributed by atoms with Crippen molar-refractivity contribution in [3.05, 3.63) is 16.6 Å². The number of nitrogens with one attached hydrogen (secondary N) is 1. The van der Waals surface area contributed by atoms with Gasteiger partial charge >= 0.3 is 0 Å². The molecule has 0 saturated carbocycles. The molecule has 2 rings (SSSR count). The van der Waals surface area contributed by atoms with Crippen LogP contribution >= 0.6 is 11.3 Å². The molecule has 2 heterocycles. The largest absolute Gasteiger partial charge is 0.315 e. The zero-order chi connectivity index (χ0) is 9.80. The summed E-state index contributed by atoms with van der Waals surface area (Å²) < 4.78 is 0. The molecule has 0 aromatic carbocycles. The second-order valence-corrected chi connectivity index (χ2v) is 4.41. The predicted molar refractivity (Wildman–Crippen MR) is 59.5 cm³/mol. The number of thiazole rings is 1. The molecular formula is C10H17N3S. The van der Waals surface area contributed by atoms with Gasteiger partial charge in [0, 0.05) is 24.5 Å². The van der Waals surface area contributed by atoms with E-state index in [1.54, 1.807) is 11.3 Å². The summed E-state index contributed by atoms with van der Waals surface area (Å²) in [5, 5.41) is 5.55. The molecule has 4 heteroatoms. The molecule has 14 heavy (non-hydrogen) atoms. The molecular weight excluding hydrogens is 194 g/mol. The van der Waals surface area contributed by atoms with Crippen molar-refractivity contribution in [3.8, 4) is 0 Å². The van der Waals surface area contributed by atoms with Crippen molar-refractivity contribution < 1.29 is 0 Å². The Bertz CT molecular complexity index is 254. The second kappa shape index (κ2) is 4.87. The van der Waals surface area contributed by atoms with Crippen molar-refractivity contribution in [1.29, 1.82) is 0 Å². The maximum atomic E-state index is 4.33. The van der Waals surface area contributed by atoms with E-state index in [2.05, 4.69) is 27.5 Å². The minimum atomic E-state index is 0.710. The Balaban J connectivity index is 1.92. The molecule has 1 aromatic heterocycles. The molecule has 0 aliphatic carbocycles. The topological polar surface area (TPSA) is 28.2 Å². The molecule has 3 nitrogen and oxygen atoms in total. The molecule has 0 bridgehead atoms. The second-order valence-electron chi connectivity index (χ2n) is 3.69. The highest BCUT2D eigenvalue weighted by Crippen LogP contribution is 2.12. The van der Waals surface area contributed by atoms with Crippen molar-refractivity contribution in [3.63, 3.8) is 0 Å². The summed E-state index contributed by atoms with van der Waals surface area (Å²) in [6, 6.07) is 0.710. The van der Waals surface area contributed by atoms with Gasteiger partial charge in [-0.1, -0.05) is 6.92 Å². The van der Waals surface area contributed by atoms with E-state index >= 15 is 0 Å². The molecule has 78 valence electrons. The highest BCUT2D eigenvalue weighted by Gasteiger charge is 2.21. The molecule has 1 fully saturated rings. The van der Waals surface area contributed by atoms with Crippen molar-refractivity contribution >= 4 is 11.3 Å². The van der Waals surface area contributed by atoms with Crippen LogP contribution in [0, 0.1) is 0 Å². The maximum absolute atomic E-state index is 4.33. The Labute approximate surface area is 89.1 Å². The molecule has 1 unspecified atom stereocenters. The normalized spacial score (nSPS) is 22.0. The van der Waals surface area contributed by atoms with Crippen LogP contribution < -0.4 is 5.32 Å². The number of hydrogen-bond donors (Lipinski definition) is 1. The van der Waals surface area contributed by atoms with Crippen LogP contribution in [0.2, 0.25) is 0 Å². The van der Waals surface area contributed by atoms with Crippen LogP contribution in [-0.2, 0) is 6.54 Å². The molecule has 1 aliphatic rings. The van der Waals surface area contributed by atoms with Crippen LogP contribution in [0.4, 0.5) is 0 Å². The highest BCUT2D eigenvalue weighted by molar-refractivity contribution is 7.07. The van der Waals surface area contributed by atoms with E-state index in [4.69, 9.17) is 0 Å². The molecule has 1 aromatic rings. The van der Waals surface area contributed by atoms with E-state index in [0.717, 1.165) is 26.2 Å². The summed E-state index contributed by atoms with van der Waals surface area (Å²) in [5.41, 5.74) is 3.12. The van der Waals surface area contributed by atoms with Crippen LogP contribution in [0.1, 0.15) is 19.0 Å². The lowest BCUT2D eigenvalue weighted by molar-refractivity contribution is 0.208. The number of hydrogen-bond acceptors (Lipinski definition) is 4. The van der Waals surface area contributed by atoms with Gasteiger partial charge in [-0.15, -0.1) is 11.3 Å². The van der Waals surface area contributed by atoms with Gasteiger partial charge in [-0.05, 0) is 19.5 Å². The van der Waals surface area contributed by atoms with Crippen molar-refractivity contribution in [1.82, 2.24) is 15.2 Å². The van der Waals surface area contributed by atoms with Gasteiger partial charge in [0.15, 0.2) is 0 Å². The first-order chi connectivity index (χ1) is 6.90. The summed E-state index contributed by atoms with van der Waals surface area (Å²) in [6.07, 6.45) is 1.28. The van der Waals surface area contributed by atoms with Gasteiger partial charge in [0.25, 0.3) is 0 Å². The van der Waals surface area contributed by atoms with Gasteiger partial charge in [-0.2, -0.15) is 0 Å². The number of rotatable bonds is 4. The van der Waals surface area contributed by atoms with Gasteiger partial charge in [0.2, 0.25) is 0 Å². The minimum Gasteiger partial charge on any atom is -0.315 e. The fraction of sp³-hybridized carbons (Fsp3) is 0.700. The lowest BCUT2D eigenvalue weighted by atomic mass is 10.2. The fourth-order valence-electron chi connectivity index (χ4n) is 1.97. The summed E-state index contributed by atoms with van der Waals surface area (Å²) in [6.45, 7) is 6.65. The Morgan fingerprint density at radius 2 is 2.64 bits per heavy atom. The third-order valence-electron chi connectivity index (χ3n) is 2.81. The first-order valence-corrected chi connectivity index (χ1v) is 6.16. The third-order valence-corrected chi connectivity index (χ3v) is 3.44. The molecule has 1 N–H and O–H groups in total. The van der Waals surface area contributed by atoms with Gasteiger partial charge in [-0.3, -0.25) is 4.90 Å². The average Bonchev–Trinajstić information content (AvgIpc) is 2.86. The van der Waals surface area contributed by atoms with Crippen LogP contribution in [0.25, 0.3) is 0 Å². The van der Waals surface area contributed by atoms with Crippen LogP contribution in [0.5, 0.6) is 0 Å². The average molecular weight is 211 g/mol. The van der Waals surface area contributed by atoms with Gasteiger partial charge in [0.1, 0.15) is 0 Å². The number of nitrogens with zero attached hydrogens (tertiary/aromatic N) is 2. The molecule has 0 spiro atoms. The van der Waals surface area contributed by atoms with Gasteiger partial charge in [-0.25, -0.2) is 4.98 Å². The van der Waals surface area contributed by atoms with Crippen molar-refractivity contribution in [2.75, 3.05) is 19.6 Å². The predicted octanol–water partition coefficient (Wildman–Crippen LogP) is 1.33. The van der Waals surface area contributed by atoms with E-state index in [9.17, 15) is 0 Å². The standard InChI is InChI=1S/C10H17N3S/c1-2-13(10-3-4-11-5-10)6-9-7-14-8-12-9/h7-8,10-11H,2-6H2,1H3. The molecule has 0 radical (unpaired) electrons. The summed E-state index contributed by atoms with van der Waals surface area (Å²) in [5.74, 6) is 0. The summed E-state index contributed by atoms with van der Waals surface area (Å²) in [4.78, 5) is 6.84. The molecule has 1 atom stereocenters. The van der Waals surface area contributed by atoms with Crippen LogP contribution in [0.3, 0.4) is 0 Å². The van der Waals surface area contributed by atoms with E-state index in [0.29, 0.717) is 6.04 Å². The third kappa shape index (κ3) is 2.32. The van der Waals surface area contributed by atoms with Crippen molar-refractivity contribution in [2.24, 2.45) is 0 Å². The van der Waals surface area contributed by atoms with Crippen LogP contribution in [-0.4, -0.2) is 35.6 Å². The van der Waals surface area contributed by atoms with Gasteiger partial charge < -0.3 is 5.32 Å².